The molecule has 1 saturated heterocycles. The molecule has 1 fully saturated rings. The summed E-state index contributed by atoms with van der Waals surface area (Å²) in [5.41, 5.74) is 0. The predicted molar refractivity (Wildman–Crippen MR) is 57.9 cm³/mol. The van der Waals surface area contributed by atoms with Crippen molar-refractivity contribution < 1.29 is 24.8 Å². The van der Waals surface area contributed by atoms with Crippen LogP contribution in [0, 0.1) is 0 Å². The molecule has 0 aromatic heterocycles. The maximum absolute atomic E-state index is 9.53. The molecule has 0 saturated carbocycles. The van der Waals surface area contributed by atoms with E-state index in [1.807, 2.05) is 0 Å². The van der Waals surface area contributed by atoms with E-state index >= 15 is 0 Å². The van der Waals surface area contributed by atoms with Crippen molar-refractivity contribution in [3.63, 3.8) is 0 Å². The van der Waals surface area contributed by atoms with Crippen molar-refractivity contribution in [2.45, 2.75) is 57.2 Å². The van der Waals surface area contributed by atoms with E-state index in [-0.39, 0.29) is 13.0 Å². The first-order valence-electron chi connectivity index (χ1n) is 5.93. The quantitative estimate of drug-likeness (QED) is 0.565. The Morgan fingerprint density at radius 2 is 2.06 bits per heavy atom. The SMILES string of the molecule is CCCCCOC1C[C@@H](O)[C@H](O)[C@@H](CO)O1. The van der Waals surface area contributed by atoms with Crippen LogP contribution in [0.25, 0.3) is 0 Å². The van der Waals surface area contributed by atoms with Gasteiger partial charge in [-0.1, -0.05) is 19.8 Å². The lowest BCUT2D eigenvalue weighted by atomic mass is 10.0. The summed E-state index contributed by atoms with van der Waals surface area (Å²) in [6.45, 7) is 2.38. The molecule has 0 radical (unpaired) electrons. The van der Waals surface area contributed by atoms with Crippen molar-refractivity contribution in [1.29, 1.82) is 0 Å². The second kappa shape index (κ2) is 7.19. The van der Waals surface area contributed by atoms with E-state index in [2.05, 4.69) is 6.92 Å². The number of rotatable bonds is 6. The molecule has 0 spiro atoms. The zero-order valence-corrected chi connectivity index (χ0v) is 9.71. The van der Waals surface area contributed by atoms with Crippen LogP contribution < -0.4 is 0 Å². The van der Waals surface area contributed by atoms with Gasteiger partial charge in [-0.25, -0.2) is 0 Å². The van der Waals surface area contributed by atoms with E-state index in [4.69, 9.17) is 14.6 Å². The minimum Gasteiger partial charge on any atom is -0.394 e. The van der Waals surface area contributed by atoms with Crippen molar-refractivity contribution in [3.05, 3.63) is 0 Å². The van der Waals surface area contributed by atoms with Gasteiger partial charge in [-0.15, -0.1) is 0 Å². The van der Waals surface area contributed by atoms with Crippen LogP contribution in [-0.2, 0) is 9.47 Å². The summed E-state index contributed by atoms with van der Waals surface area (Å²) in [6, 6.07) is 0. The highest BCUT2D eigenvalue weighted by atomic mass is 16.7. The maximum Gasteiger partial charge on any atom is 0.160 e. The summed E-state index contributed by atoms with van der Waals surface area (Å²) in [7, 11) is 0. The molecule has 0 bridgehead atoms. The number of aliphatic hydroxyl groups is 3. The van der Waals surface area contributed by atoms with Crippen LogP contribution >= 0.6 is 0 Å². The average Bonchev–Trinajstić information content (AvgIpc) is 2.29. The molecule has 5 nitrogen and oxygen atoms in total. The molecular weight excluding hydrogens is 212 g/mol. The van der Waals surface area contributed by atoms with Gasteiger partial charge in [0.15, 0.2) is 6.29 Å². The molecule has 96 valence electrons. The highest BCUT2D eigenvalue weighted by Gasteiger charge is 2.36. The Hall–Kier alpha value is -0.200. The van der Waals surface area contributed by atoms with Crippen LogP contribution in [0.5, 0.6) is 0 Å². The molecule has 0 aromatic carbocycles. The highest BCUT2D eigenvalue weighted by Crippen LogP contribution is 2.21. The van der Waals surface area contributed by atoms with Crippen molar-refractivity contribution in [2.24, 2.45) is 0 Å². The minimum atomic E-state index is -1.03. The topological polar surface area (TPSA) is 79.2 Å². The Morgan fingerprint density at radius 1 is 1.31 bits per heavy atom. The first kappa shape index (κ1) is 13.9. The lowest BCUT2D eigenvalue weighted by Crippen LogP contribution is -2.50. The third-order valence-corrected chi connectivity index (χ3v) is 2.77. The zero-order chi connectivity index (χ0) is 12.0. The lowest BCUT2D eigenvalue weighted by Gasteiger charge is -2.36. The van der Waals surface area contributed by atoms with Gasteiger partial charge in [-0.3, -0.25) is 0 Å². The van der Waals surface area contributed by atoms with Crippen LogP contribution in [0.4, 0.5) is 0 Å². The Balaban J connectivity index is 2.27. The Kier molecular flexibility index (Phi) is 6.23. The van der Waals surface area contributed by atoms with Crippen molar-refractivity contribution in [3.8, 4) is 0 Å². The van der Waals surface area contributed by atoms with E-state index in [0.29, 0.717) is 6.61 Å². The van der Waals surface area contributed by atoms with Crippen LogP contribution in [0.1, 0.15) is 32.6 Å². The monoisotopic (exact) mass is 234 g/mol. The van der Waals surface area contributed by atoms with Gasteiger partial charge in [0.1, 0.15) is 12.2 Å². The third kappa shape index (κ3) is 3.99. The first-order valence-corrected chi connectivity index (χ1v) is 5.93. The van der Waals surface area contributed by atoms with Gasteiger partial charge in [0.25, 0.3) is 0 Å². The number of hydrogen-bond donors (Lipinski definition) is 3. The fraction of sp³-hybridized carbons (Fsp3) is 1.00. The first-order chi connectivity index (χ1) is 7.69. The van der Waals surface area contributed by atoms with Crippen molar-refractivity contribution >= 4 is 0 Å². The maximum atomic E-state index is 9.53. The van der Waals surface area contributed by atoms with Gasteiger partial charge in [0.05, 0.1) is 12.7 Å². The Labute approximate surface area is 96.0 Å². The van der Waals surface area contributed by atoms with Crippen LogP contribution in [0.2, 0.25) is 0 Å². The molecule has 5 heteroatoms. The summed E-state index contributed by atoms with van der Waals surface area (Å²) in [5, 5.41) is 28.0. The molecular formula is C11H22O5. The van der Waals surface area contributed by atoms with Gasteiger partial charge in [-0.05, 0) is 6.42 Å². The summed E-state index contributed by atoms with van der Waals surface area (Å²) in [5.74, 6) is 0. The minimum absolute atomic E-state index is 0.254. The number of unbranched alkanes of at least 4 members (excludes halogenated alkanes) is 2. The molecule has 0 aliphatic carbocycles. The average molecular weight is 234 g/mol. The predicted octanol–water partition coefficient (Wildman–Crippen LogP) is 0.0223. The van der Waals surface area contributed by atoms with Gasteiger partial charge < -0.3 is 24.8 Å². The summed E-state index contributed by atoms with van der Waals surface area (Å²) in [4.78, 5) is 0. The second-order valence-corrected chi connectivity index (χ2v) is 4.16. The molecule has 1 unspecified atom stereocenters. The van der Waals surface area contributed by atoms with Gasteiger partial charge in [-0.2, -0.15) is 0 Å². The number of ether oxygens (including phenoxy) is 2. The summed E-state index contributed by atoms with van der Waals surface area (Å²) >= 11 is 0. The van der Waals surface area contributed by atoms with E-state index in [0.717, 1.165) is 19.3 Å². The van der Waals surface area contributed by atoms with Crippen molar-refractivity contribution in [2.75, 3.05) is 13.2 Å². The molecule has 3 N–H and O–H groups in total. The number of aliphatic hydroxyl groups excluding tert-OH is 3. The largest absolute Gasteiger partial charge is 0.394 e. The van der Waals surface area contributed by atoms with Gasteiger partial charge in [0, 0.05) is 13.0 Å². The Bertz CT molecular complexity index is 187. The highest BCUT2D eigenvalue weighted by molar-refractivity contribution is 4.82. The summed E-state index contributed by atoms with van der Waals surface area (Å²) < 4.78 is 10.7. The molecule has 0 aromatic rings. The molecule has 4 atom stereocenters. The normalized spacial score (nSPS) is 35.2. The molecule has 1 aliphatic heterocycles. The Morgan fingerprint density at radius 3 is 2.69 bits per heavy atom. The second-order valence-electron chi connectivity index (χ2n) is 4.16. The smallest absolute Gasteiger partial charge is 0.160 e. The van der Waals surface area contributed by atoms with Crippen LogP contribution in [0.15, 0.2) is 0 Å². The third-order valence-electron chi connectivity index (χ3n) is 2.77. The molecule has 1 aliphatic rings. The van der Waals surface area contributed by atoms with Gasteiger partial charge >= 0.3 is 0 Å². The van der Waals surface area contributed by atoms with E-state index in [1.54, 1.807) is 0 Å². The lowest BCUT2D eigenvalue weighted by molar-refractivity contribution is -0.256. The molecule has 0 amide bonds. The standard InChI is InChI=1S/C11H22O5/c1-2-3-4-5-15-10-6-8(13)11(14)9(7-12)16-10/h8-14H,2-7H2,1H3/t8-,9-,10?,11+/m1/s1. The van der Waals surface area contributed by atoms with Crippen LogP contribution in [0.3, 0.4) is 0 Å². The van der Waals surface area contributed by atoms with E-state index in [9.17, 15) is 10.2 Å². The fourth-order valence-corrected chi connectivity index (χ4v) is 1.74. The van der Waals surface area contributed by atoms with E-state index in [1.165, 1.54) is 0 Å². The van der Waals surface area contributed by atoms with Crippen molar-refractivity contribution in [1.82, 2.24) is 0 Å². The fourth-order valence-electron chi connectivity index (χ4n) is 1.74. The van der Waals surface area contributed by atoms with Gasteiger partial charge in [0.2, 0.25) is 0 Å². The molecule has 1 rings (SSSR count). The number of hydrogen-bond acceptors (Lipinski definition) is 5. The van der Waals surface area contributed by atoms with E-state index < -0.39 is 24.6 Å². The zero-order valence-electron chi connectivity index (χ0n) is 9.71. The van der Waals surface area contributed by atoms with Crippen LogP contribution in [-0.4, -0.2) is 53.1 Å². The molecule has 1 heterocycles. The molecule has 16 heavy (non-hydrogen) atoms. The summed E-state index contributed by atoms with van der Waals surface area (Å²) in [6.07, 6.45) is 0.245.